The normalized spacial score (nSPS) is 20.0. The van der Waals surface area contributed by atoms with E-state index in [1.165, 1.54) is 0 Å². The molecule has 0 spiro atoms. The molecule has 1 saturated heterocycles. The van der Waals surface area contributed by atoms with Crippen LogP contribution in [0.1, 0.15) is 12.8 Å². The average Bonchev–Trinajstić information content (AvgIpc) is 2.72. The van der Waals surface area contributed by atoms with Crippen molar-refractivity contribution >= 4 is 40.6 Å². The smallest absolute Gasteiger partial charge is 0.150 e. The Bertz CT molecular complexity index is 414. The summed E-state index contributed by atoms with van der Waals surface area (Å²) >= 11 is 17.8. The fraction of sp³-hybridized carbons (Fsp3) is 0.545. The summed E-state index contributed by atoms with van der Waals surface area (Å²) in [4.78, 5) is 6.30. The second kappa shape index (κ2) is 5.61. The molecule has 94 valence electrons. The minimum absolute atomic E-state index is 0.223. The lowest BCUT2D eigenvalue weighted by Crippen LogP contribution is -2.21. The monoisotopic (exact) mass is 294 g/mol. The van der Waals surface area contributed by atoms with Gasteiger partial charge in [0.05, 0.1) is 10.0 Å². The lowest BCUT2D eigenvalue weighted by Gasteiger charge is -2.19. The molecule has 1 N–H and O–H groups in total. The van der Waals surface area contributed by atoms with E-state index in [-0.39, 0.29) is 11.8 Å². The highest BCUT2D eigenvalue weighted by molar-refractivity contribution is 6.42. The van der Waals surface area contributed by atoms with Crippen LogP contribution in [-0.4, -0.2) is 29.8 Å². The molecule has 1 atom stereocenters. The van der Waals surface area contributed by atoms with Crippen molar-refractivity contribution in [3.8, 4) is 0 Å². The lowest BCUT2D eigenvalue weighted by molar-refractivity contribution is 0.263. The minimum atomic E-state index is 0.223. The minimum Gasteiger partial charge on any atom is -0.396 e. The molecule has 1 aliphatic heterocycles. The molecule has 17 heavy (non-hydrogen) atoms. The van der Waals surface area contributed by atoms with Gasteiger partial charge in [-0.1, -0.05) is 34.8 Å². The molecule has 1 aromatic rings. The van der Waals surface area contributed by atoms with Crippen LogP contribution in [0.5, 0.6) is 0 Å². The summed E-state index contributed by atoms with van der Waals surface area (Å²) in [6.07, 6.45) is 1.86. The van der Waals surface area contributed by atoms with Crippen molar-refractivity contribution in [3.05, 3.63) is 21.3 Å². The summed E-state index contributed by atoms with van der Waals surface area (Å²) in [5.74, 6) is 1.17. The van der Waals surface area contributed by atoms with E-state index >= 15 is 0 Å². The van der Waals surface area contributed by atoms with E-state index in [4.69, 9.17) is 39.9 Å². The van der Waals surface area contributed by atoms with Gasteiger partial charge in [-0.25, -0.2) is 4.98 Å². The van der Waals surface area contributed by atoms with Crippen molar-refractivity contribution in [3.63, 3.8) is 0 Å². The van der Waals surface area contributed by atoms with Gasteiger partial charge < -0.3 is 10.0 Å². The molecule has 1 aromatic heterocycles. The Kier molecular flexibility index (Phi) is 4.36. The molecule has 2 heterocycles. The zero-order chi connectivity index (χ0) is 12.4. The third-order valence-corrected chi connectivity index (χ3v) is 3.94. The van der Waals surface area contributed by atoms with Crippen molar-refractivity contribution in [1.29, 1.82) is 0 Å². The molecule has 0 aliphatic carbocycles. The van der Waals surface area contributed by atoms with Crippen LogP contribution in [0.4, 0.5) is 5.82 Å². The van der Waals surface area contributed by atoms with Gasteiger partial charge in [0, 0.05) is 19.7 Å². The Hall–Kier alpha value is -0.220. The number of nitrogens with zero attached hydrogens (tertiary/aromatic N) is 2. The van der Waals surface area contributed by atoms with Gasteiger partial charge in [-0.15, -0.1) is 0 Å². The summed E-state index contributed by atoms with van der Waals surface area (Å²) in [6.45, 7) is 1.96. The quantitative estimate of drug-likeness (QED) is 0.870. The number of aliphatic hydroxyl groups is 1. The van der Waals surface area contributed by atoms with Crippen LogP contribution in [0.3, 0.4) is 0 Å². The van der Waals surface area contributed by atoms with Crippen LogP contribution in [0.25, 0.3) is 0 Å². The van der Waals surface area contributed by atoms with E-state index < -0.39 is 0 Å². The van der Waals surface area contributed by atoms with E-state index in [2.05, 4.69) is 9.88 Å². The SMILES string of the molecule is OCCC1CCN(c2nc(Cl)c(Cl)cc2Cl)C1. The molecule has 0 aromatic carbocycles. The van der Waals surface area contributed by atoms with E-state index in [1.807, 2.05) is 0 Å². The fourth-order valence-corrected chi connectivity index (χ4v) is 2.71. The zero-order valence-corrected chi connectivity index (χ0v) is 11.4. The van der Waals surface area contributed by atoms with Gasteiger partial charge in [0.2, 0.25) is 0 Å². The molecular weight excluding hydrogens is 282 g/mol. The Morgan fingerprint density at radius 1 is 1.35 bits per heavy atom. The molecule has 1 aliphatic rings. The Labute approximate surface area is 115 Å². The molecule has 0 amide bonds. The Morgan fingerprint density at radius 3 is 2.82 bits per heavy atom. The van der Waals surface area contributed by atoms with Gasteiger partial charge in [0.25, 0.3) is 0 Å². The van der Waals surface area contributed by atoms with Crippen molar-refractivity contribution in [1.82, 2.24) is 4.98 Å². The number of hydrogen-bond acceptors (Lipinski definition) is 3. The number of anilines is 1. The molecule has 3 nitrogen and oxygen atoms in total. The topological polar surface area (TPSA) is 36.4 Å². The van der Waals surface area contributed by atoms with Crippen LogP contribution in [-0.2, 0) is 0 Å². The second-order valence-corrected chi connectivity index (χ2v) is 5.35. The average molecular weight is 296 g/mol. The van der Waals surface area contributed by atoms with Crippen molar-refractivity contribution in [2.45, 2.75) is 12.8 Å². The zero-order valence-electron chi connectivity index (χ0n) is 9.17. The molecule has 2 rings (SSSR count). The highest BCUT2D eigenvalue weighted by atomic mass is 35.5. The van der Waals surface area contributed by atoms with E-state index in [0.29, 0.717) is 21.8 Å². The maximum Gasteiger partial charge on any atom is 0.150 e. The van der Waals surface area contributed by atoms with Crippen molar-refractivity contribution in [2.75, 3.05) is 24.6 Å². The summed E-state index contributed by atoms with van der Waals surface area (Å²) in [7, 11) is 0. The summed E-state index contributed by atoms with van der Waals surface area (Å²) in [5, 5.41) is 10.1. The maximum atomic E-state index is 8.92. The summed E-state index contributed by atoms with van der Waals surface area (Å²) < 4.78 is 0. The van der Waals surface area contributed by atoms with Gasteiger partial charge in [-0.3, -0.25) is 0 Å². The Morgan fingerprint density at radius 2 is 2.12 bits per heavy atom. The summed E-state index contributed by atoms with van der Waals surface area (Å²) in [5.41, 5.74) is 0. The largest absolute Gasteiger partial charge is 0.396 e. The van der Waals surface area contributed by atoms with Gasteiger partial charge in [0.1, 0.15) is 11.0 Å². The molecule has 0 bridgehead atoms. The van der Waals surface area contributed by atoms with Gasteiger partial charge in [0.15, 0.2) is 0 Å². The third kappa shape index (κ3) is 2.97. The van der Waals surface area contributed by atoms with Crippen LogP contribution in [0.15, 0.2) is 6.07 Å². The molecule has 1 fully saturated rings. The number of hydrogen-bond donors (Lipinski definition) is 1. The fourth-order valence-electron chi connectivity index (χ4n) is 2.10. The molecule has 0 saturated carbocycles. The molecule has 0 radical (unpaired) electrons. The molecule has 1 unspecified atom stereocenters. The second-order valence-electron chi connectivity index (χ2n) is 4.18. The predicted octanol–water partition coefficient (Wildman–Crippen LogP) is 3.25. The van der Waals surface area contributed by atoms with Crippen molar-refractivity contribution < 1.29 is 5.11 Å². The summed E-state index contributed by atoms with van der Waals surface area (Å²) in [6, 6.07) is 1.62. The lowest BCUT2D eigenvalue weighted by atomic mass is 10.1. The number of rotatable bonds is 3. The third-order valence-electron chi connectivity index (χ3n) is 2.99. The highest BCUT2D eigenvalue weighted by Crippen LogP contribution is 2.34. The first-order valence-electron chi connectivity index (χ1n) is 5.49. The van der Waals surface area contributed by atoms with Crippen LogP contribution >= 0.6 is 34.8 Å². The van der Waals surface area contributed by atoms with E-state index in [1.54, 1.807) is 6.07 Å². The van der Waals surface area contributed by atoms with Gasteiger partial charge in [-0.05, 0) is 24.8 Å². The standard InChI is InChI=1S/C11H13Cl3N2O/c12-8-5-9(13)11(15-10(8)14)16-3-1-7(6-16)2-4-17/h5,7,17H,1-4,6H2. The molecule has 6 heteroatoms. The van der Waals surface area contributed by atoms with E-state index in [0.717, 1.165) is 25.9 Å². The van der Waals surface area contributed by atoms with Gasteiger partial charge >= 0.3 is 0 Å². The predicted molar refractivity (Wildman–Crippen MR) is 71.3 cm³/mol. The first-order chi connectivity index (χ1) is 8.11. The molecular formula is C11H13Cl3N2O. The maximum absolute atomic E-state index is 8.92. The van der Waals surface area contributed by atoms with E-state index in [9.17, 15) is 0 Å². The first-order valence-corrected chi connectivity index (χ1v) is 6.62. The van der Waals surface area contributed by atoms with Crippen LogP contribution in [0, 0.1) is 5.92 Å². The van der Waals surface area contributed by atoms with Crippen molar-refractivity contribution in [2.24, 2.45) is 5.92 Å². The van der Waals surface area contributed by atoms with Crippen LogP contribution in [0.2, 0.25) is 15.2 Å². The highest BCUT2D eigenvalue weighted by Gasteiger charge is 2.25. The number of aromatic nitrogens is 1. The number of halogens is 3. The number of aliphatic hydroxyl groups excluding tert-OH is 1. The van der Waals surface area contributed by atoms with Crippen LogP contribution < -0.4 is 4.90 Å². The number of pyridine rings is 1. The Balaban J connectivity index is 2.16. The van der Waals surface area contributed by atoms with Gasteiger partial charge in [-0.2, -0.15) is 0 Å². The first kappa shape index (κ1) is 13.2.